The highest BCUT2D eigenvalue weighted by Crippen LogP contribution is 2.17. The molecule has 0 radical (unpaired) electrons. The van der Waals surface area contributed by atoms with Gasteiger partial charge in [-0.25, -0.2) is 0 Å². The first-order valence-corrected chi connectivity index (χ1v) is 8.34. The molecular weight excluding hydrogens is 290 g/mol. The zero-order valence-electron chi connectivity index (χ0n) is 14.3. The smallest absolute Gasteiger partial charge is 0.224 e. The Morgan fingerprint density at radius 3 is 2.13 bits per heavy atom. The standard InChI is InChI=1S/C18H27N3O2/c1-14(2)16-4-6-17(7-5-16)19-9-8-18(23)21-12-10-20(11-13-21)15(3)22/h4-7,14,19H,8-13H2,1-3H3. The Morgan fingerprint density at radius 2 is 1.61 bits per heavy atom. The Bertz CT molecular complexity index is 532. The van der Waals surface area contributed by atoms with Gasteiger partial charge >= 0.3 is 0 Å². The van der Waals surface area contributed by atoms with Crippen LogP contribution >= 0.6 is 0 Å². The van der Waals surface area contributed by atoms with Crippen molar-refractivity contribution in [3.05, 3.63) is 29.8 Å². The van der Waals surface area contributed by atoms with Crippen molar-refractivity contribution in [2.24, 2.45) is 0 Å². The second kappa shape index (κ2) is 7.99. The van der Waals surface area contributed by atoms with Crippen LogP contribution in [0, 0.1) is 0 Å². The maximum Gasteiger partial charge on any atom is 0.224 e. The van der Waals surface area contributed by atoms with Gasteiger partial charge in [-0.15, -0.1) is 0 Å². The summed E-state index contributed by atoms with van der Waals surface area (Å²) in [5.74, 6) is 0.766. The van der Waals surface area contributed by atoms with Gasteiger partial charge in [0.2, 0.25) is 11.8 Å². The van der Waals surface area contributed by atoms with Gasteiger partial charge in [0.15, 0.2) is 0 Å². The van der Waals surface area contributed by atoms with Crippen molar-refractivity contribution in [2.45, 2.75) is 33.1 Å². The summed E-state index contributed by atoms with van der Waals surface area (Å²) in [4.78, 5) is 27.1. The summed E-state index contributed by atoms with van der Waals surface area (Å²) in [6.07, 6.45) is 0.478. The number of nitrogens with one attached hydrogen (secondary N) is 1. The Hall–Kier alpha value is -2.04. The van der Waals surface area contributed by atoms with Gasteiger partial charge in [-0.1, -0.05) is 26.0 Å². The van der Waals surface area contributed by atoms with E-state index >= 15 is 0 Å². The number of carbonyl (C=O) groups is 2. The van der Waals surface area contributed by atoms with E-state index in [1.807, 2.05) is 4.90 Å². The van der Waals surface area contributed by atoms with Gasteiger partial charge in [-0.2, -0.15) is 0 Å². The summed E-state index contributed by atoms with van der Waals surface area (Å²) in [7, 11) is 0. The lowest BCUT2D eigenvalue weighted by Crippen LogP contribution is -2.50. The highest BCUT2D eigenvalue weighted by Gasteiger charge is 2.21. The van der Waals surface area contributed by atoms with Gasteiger partial charge in [-0.05, 0) is 23.6 Å². The van der Waals surface area contributed by atoms with Crippen LogP contribution in [0.25, 0.3) is 0 Å². The summed E-state index contributed by atoms with van der Waals surface area (Å²) < 4.78 is 0. The maximum absolute atomic E-state index is 12.2. The molecule has 1 saturated heterocycles. The van der Waals surface area contributed by atoms with Crippen LogP contribution in [0.2, 0.25) is 0 Å². The Kier molecular flexibility index (Phi) is 6.02. The molecule has 1 heterocycles. The lowest BCUT2D eigenvalue weighted by atomic mass is 10.0. The van der Waals surface area contributed by atoms with E-state index in [2.05, 4.69) is 43.4 Å². The lowest BCUT2D eigenvalue weighted by molar-refractivity contribution is -0.138. The summed E-state index contributed by atoms with van der Waals surface area (Å²) in [5.41, 5.74) is 2.36. The number of benzene rings is 1. The van der Waals surface area contributed by atoms with Crippen LogP contribution in [-0.4, -0.2) is 54.3 Å². The predicted octanol–water partition coefficient (Wildman–Crippen LogP) is 2.30. The first-order chi connectivity index (χ1) is 11.0. The third-order valence-corrected chi connectivity index (χ3v) is 4.32. The molecule has 23 heavy (non-hydrogen) atoms. The molecule has 0 atom stereocenters. The molecule has 0 bridgehead atoms. The molecule has 5 heteroatoms. The molecule has 2 rings (SSSR count). The van der Waals surface area contributed by atoms with E-state index in [1.54, 1.807) is 11.8 Å². The van der Waals surface area contributed by atoms with Crippen molar-refractivity contribution in [3.8, 4) is 0 Å². The molecule has 5 nitrogen and oxygen atoms in total. The van der Waals surface area contributed by atoms with Crippen LogP contribution in [0.15, 0.2) is 24.3 Å². The van der Waals surface area contributed by atoms with Gasteiger partial charge in [-0.3, -0.25) is 9.59 Å². The summed E-state index contributed by atoms with van der Waals surface area (Å²) in [5, 5.41) is 3.30. The summed E-state index contributed by atoms with van der Waals surface area (Å²) in [6.45, 7) is 9.12. The summed E-state index contributed by atoms with van der Waals surface area (Å²) >= 11 is 0. The Morgan fingerprint density at radius 1 is 1.04 bits per heavy atom. The van der Waals surface area contributed by atoms with Crippen molar-refractivity contribution < 1.29 is 9.59 Å². The van der Waals surface area contributed by atoms with E-state index in [9.17, 15) is 9.59 Å². The fourth-order valence-corrected chi connectivity index (χ4v) is 2.73. The minimum atomic E-state index is 0.0867. The highest BCUT2D eigenvalue weighted by atomic mass is 16.2. The largest absolute Gasteiger partial charge is 0.385 e. The molecule has 1 aromatic rings. The molecule has 0 spiro atoms. The van der Waals surface area contributed by atoms with Gasteiger partial charge in [0.1, 0.15) is 0 Å². The van der Waals surface area contributed by atoms with E-state index in [-0.39, 0.29) is 11.8 Å². The normalized spacial score (nSPS) is 15.0. The number of anilines is 1. The number of piperazine rings is 1. The van der Waals surface area contributed by atoms with Crippen molar-refractivity contribution in [1.82, 2.24) is 9.80 Å². The van der Waals surface area contributed by atoms with E-state index in [4.69, 9.17) is 0 Å². The molecule has 0 aromatic heterocycles. The monoisotopic (exact) mass is 317 g/mol. The minimum absolute atomic E-state index is 0.0867. The molecule has 0 aliphatic carbocycles. The number of rotatable bonds is 5. The van der Waals surface area contributed by atoms with Crippen molar-refractivity contribution >= 4 is 17.5 Å². The fraction of sp³-hybridized carbons (Fsp3) is 0.556. The minimum Gasteiger partial charge on any atom is -0.385 e. The van der Waals surface area contributed by atoms with Crippen LogP contribution in [0.5, 0.6) is 0 Å². The van der Waals surface area contributed by atoms with E-state index in [0.29, 0.717) is 45.1 Å². The molecule has 2 amide bonds. The molecule has 1 aromatic carbocycles. The first-order valence-electron chi connectivity index (χ1n) is 8.34. The third-order valence-electron chi connectivity index (χ3n) is 4.32. The Balaban J connectivity index is 1.72. The predicted molar refractivity (Wildman–Crippen MR) is 92.5 cm³/mol. The van der Waals surface area contributed by atoms with Gasteiger partial charge in [0, 0.05) is 51.8 Å². The molecule has 0 saturated carbocycles. The average Bonchev–Trinajstić information content (AvgIpc) is 2.55. The zero-order chi connectivity index (χ0) is 16.8. The highest BCUT2D eigenvalue weighted by molar-refractivity contribution is 5.78. The molecule has 126 valence electrons. The zero-order valence-corrected chi connectivity index (χ0v) is 14.3. The summed E-state index contributed by atoms with van der Waals surface area (Å²) in [6, 6.07) is 8.36. The van der Waals surface area contributed by atoms with Crippen LogP contribution < -0.4 is 5.32 Å². The van der Waals surface area contributed by atoms with Crippen molar-refractivity contribution in [1.29, 1.82) is 0 Å². The van der Waals surface area contributed by atoms with Crippen LogP contribution in [0.1, 0.15) is 38.7 Å². The average molecular weight is 317 g/mol. The molecule has 0 unspecified atom stereocenters. The third kappa shape index (κ3) is 4.98. The fourth-order valence-electron chi connectivity index (χ4n) is 2.73. The van der Waals surface area contributed by atoms with Gasteiger partial charge in [0.05, 0.1) is 0 Å². The van der Waals surface area contributed by atoms with Gasteiger partial charge < -0.3 is 15.1 Å². The first kappa shape index (κ1) is 17.3. The van der Waals surface area contributed by atoms with Crippen LogP contribution in [0.4, 0.5) is 5.69 Å². The number of hydrogen-bond acceptors (Lipinski definition) is 3. The maximum atomic E-state index is 12.2. The molecule has 1 aliphatic heterocycles. The lowest BCUT2D eigenvalue weighted by Gasteiger charge is -2.34. The van der Waals surface area contributed by atoms with E-state index in [0.717, 1.165) is 5.69 Å². The molecule has 1 aliphatic rings. The van der Waals surface area contributed by atoms with Crippen molar-refractivity contribution in [2.75, 3.05) is 38.0 Å². The molecular formula is C18H27N3O2. The molecule has 1 N–H and O–H groups in total. The second-order valence-corrected chi connectivity index (χ2v) is 6.34. The van der Waals surface area contributed by atoms with Crippen molar-refractivity contribution in [3.63, 3.8) is 0 Å². The number of hydrogen-bond donors (Lipinski definition) is 1. The Labute approximate surface area is 138 Å². The quantitative estimate of drug-likeness (QED) is 0.906. The molecule has 1 fully saturated rings. The van der Waals surface area contributed by atoms with E-state index < -0.39 is 0 Å². The second-order valence-electron chi connectivity index (χ2n) is 6.34. The number of nitrogens with zero attached hydrogens (tertiary/aromatic N) is 2. The van der Waals surface area contributed by atoms with E-state index in [1.165, 1.54) is 5.56 Å². The SMILES string of the molecule is CC(=O)N1CCN(C(=O)CCNc2ccc(C(C)C)cc2)CC1. The topological polar surface area (TPSA) is 52.7 Å². The number of carbonyl (C=O) groups excluding carboxylic acids is 2. The van der Waals surface area contributed by atoms with Gasteiger partial charge in [0.25, 0.3) is 0 Å². The van der Waals surface area contributed by atoms with Crippen LogP contribution in [0.3, 0.4) is 0 Å². The van der Waals surface area contributed by atoms with Crippen LogP contribution in [-0.2, 0) is 9.59 Å². The number of amides is 2.